The van der Waals surface area contributed by atoms with Crippen molar-refractivity contribution in [2.45, 2.75) is 19.0 Å². The van der Waals surface area contributed by atoms with Crippen molar-refractivity contribution in [1.29, 1.82) is 0 Å². The third kappa shape index (κ3) is 3.87. The predicted octanol–water partition coefficient (Wildman–Crippen LogP) is 2.81. The van der Waals surface area contributed by atoms with Gasteiger partial charge in [-0.05, 0) is 18.9 Å². The summed E-state index contributed by atoms with van der Waals surface area (Å²) in [7, 11) is 1.47. The number of oxime groups is 1. The van der Waals surface area contributed by atoms with Crippen LogP contribution < -0.4 is 4.90 Å². The molecule has 0 N–H and O–H groups in total. The van der Waals surface area contributed by atoms with Gasteiger partial charge in [-0.1, -0.05) is 16.8 Å². The molecule has 0 aliphatic carbocycles. The maximum Gasteiger partial charge on any atom is 0.417 e. The summed E-state index contributed by atoms with van der Waals surface area (Å²) in [6.07, 6.45) is -2.48. The van der Waals surface area contributed by atoms with Crippen LogP contribution in [0.15, 0.2) is 17.4 Å². The molecular weight excluding hydrogens is 373 g/mol. The smallest absolute Gasteiger partial charge is 0.399 e. The van der Waals surface area contributed by atoms with Gasteiger partial charge in [-0.2, -0.15) is 13.2 Å². The average molecular weight is 391 g/mol. The number of amides is 1. The zero-order valence-corrected chi connectivity index (χ0v) is 14.8. The molecule has 1 amide bonds. The summed E-state index contributed by atoms with van der Waals surface area (Å²) in [6, 6.07) is 0.887. The zero-order valence-electron chi connectivity index (χ0n) is 14.1. The van der Waals surface area contributed by atoms with Crippen LogP contribution in [-0.2, 0) is 15.8 Å². The van der Waals surface area contributed by atoms with Gasteiger partial charge in [0.15, 0.2) is 0 Å². The Bertz CT molecular complexity index is 710. The van der Waals surface area contributed by atoms with Gasteiger partial charge in [-0.25, -0.2) is 4.98 Å². The molecule has 2 fully saturated rings. The van der Waals surface area contributed by atoms with E-state index in [0.717, 1.165) is 18.0 Å². The first-order valence-electron chi connectivity index (χ1n) is 8.15. The molecule has 6 nitrogen and oxygen atoms in total. The van der Waals surface area contributed by atoms with Gasteiger partial charge >= 0.3 is 6.18 Å². The number of hydrogen-bond donors (Lipinski definition) is 0. The van der Waals surface area contributed by atoms with Crippen LogP contribution in [0.25, 0.3) is 0 Å². The number of halogens is 4. The quantitative estimate of drug-likeness (QED) is 0.745. The molecule has 10 heteroatoms. The van der Waals surface area contributed by atoms with Crippen LogP contribution in [0.2, 0.25) is 5.02 Å². The second-order valence-corrected chi connectivity index (χ2v) is 6.73. The number of carbonyl (C=O) groups excluding carboxylic acids is 1. The largest absolute Gasteiger partial charge is 0.417 e. The zero-order chi connectivity index (χ0) is 18.9. The molecule has 0 saturated carbocycles. The molecular formula is C16H18ClF3N4O2. The van der Waals surface area contributed by atoms with E-state index in [4.69, 9.17) is 11.6 Å². The van der Waals surface area contributed by atoms with Gasteiger partial charge < -0.3 is 14.6 Å². The second-order valence-electron chi connectivity index (χ2n) is 6.32. The number of anilines is 1. The summed E-state index contributed by atoms with van der Waals surface area (Å²) in [5.74, 6) is 0.291. The highest BCUT2D eigenvalue weighted by Gasteiger charge is 2.35. The van der Waals surface area contributed by atoms with Crippen LogP contribution in [0.3, 0.4) is 0 Å². The Hall–Kier alpha value is -2.03. The molecule has 1 aromatic heterocycles. The van der Waals surface area contributed by atoms with Crippen molar-refractivity contribution in [3.8, 4) is 0 Å². The average Bonchev–Trinajstić information content (AvgIpc) is 2.56. The normalized spacial score (nSPS) is 18.6. The fourth-order valence-corrected chi connectivity index (χ4v) is 3.44. The lowest BCUT2D eigenvalue weighted by Gasteiger charge is -2.38. The standard InChI is InChI=1S/C16H18ClF3N4O2/c1-26-22-12-8-24(9-12)15(25)10-2-4-23(5-3-10)14-13(17)6-11(7-21-14)16(18,19)20/h6-7,10H,2-5,8-9H2,1H3. The van der Waals surface area contributed by atoms with Gasteiger partial charge in [0.25, 0.3) is 0 Å². The highest BCUT2D eigenvalue weighted by atomic mass is 35.5. The molecule has 0 bridgehead atoms. The van der Waals surface area contributed by atoms with Crippen molar-refractivity contribution in [3.63, 3.8) is 0 Å². The fourth-order valence-electron chi connectivity index (χ4n) is 3.15. The lowest BCUT2D eigenvalue weighted by atomic mass is 9.94. The first-order chi connectivity index (χ1) is 12.3. The first-order valence-corrected chi connectivity index (χ1v) is 8.52. The lowest BCUT2D eigenvalue weighted by molar-refractivity contribution is -0.138. The number of nitrogens with zero attached hydrogens (tertiary/aromatic N) is 4. The molecule has 0 aromatic carbocycles. The van der Waals surface area contributed by atoms with Crippen molar-refractivity contribution < 1.29 is 22.8 Å². The van der Waals surface area contributed by atoms with E-state index >= 15 is 0 Å². The fraction of sp³-hybridized carbons (Fsp3) is 0.562. The van der Waals surface area contributed by atoms with E-state index in [9.17, 15) is 18.0 Å². The lowest BCUT2D eigenvalue weighted by Crippen LogP contribution is -2.54. The monoisotopic (exact) mass is 390 g/mol. The molecule has 2 saturated heterocycles. The Balaban J connectivity index is 1.57. The molecule has 142 valence electrons. The van der Waals surface area contributed by atoms with E-state index in [2.05, 4.69) is 15.0 Å². The Morgan fingerprint density at radius 3 is 2.54 bits per heavy atom. The first kappa shape index (κ1) is 18.8. The van der Waals surface area contributed by atoms with E-state index in [1.54, 1.807) is 4.90 Å². The molecule has 2 aliphatic heterocycles. The van der Waals surface area contributed by atoms with Crippen molar-refractivity contribution >= 4 is 29.0 Å². The van der Waals surface area contributed by atoms with E-state index in [1.807, 2.05) is 4.90 Å². The highest BCUT2D eigenvalue weighted by molar-refractivity contribution is 6.33. The number of likely N-dealkylation sites (tertiary alicyclic amines) is 1. The minimum absolute atomic E-state index is 0.0345. The van der Waals surface area contributed by atoms with Crippen molar-refractivity contribution in [2.24, 2.45) is 11.1 Å². The van der Waals surface area contributed by atoms with Crippen molar-refractivity contribution in [3.05, 3.63) is 22.8 Å². The third-order valence-corrected chi connectivity index (χ3v) is 4.85. The summed E-state index contributed by atoms with van der Waals surface area (Å²) in [6.45, 7) is 2.00. The maximum atomic E-state index is 12.7. The Labute approximate surface area is 153 Å². The van der Waals surface area contributed by atoms with Gasteiger partial charge in [0.1, 0.15) is 12.9 Å². The van der Waals surface area contributed by atoms with Crippen LogP contribution in [0.4, 0.5) is 19.0 Å². The number of piperidine rings is 1. The van der Waals surface area contributed by atoms with Gasteiger partial charge in [0.2, 0.25) is 5.91 Å². The Kier molecular flexibility index (Phi) is 5.27. The van der Waals surface area contributed by atoms with Crippen LogP contribution >= 0.6 is 11.6 Å². The topological polar surface area (TPSA) is 58.0 Å². The minimum atomic E-state index is -4.48. The molecule has 0 spiro atoms. The van der Waals surface area contributed by atoms with Crippen LogP contribution in [-0.4, -0.2) is 54.8 Å². The number of hydrogen-bond acceptors (Lipinski definition) is 5. The molecule has 0 unspecified atom stereocenters. The molecule has 0 radical (unpaired) electrons. The van der Waals surface area contributed by atoms with Crippen LogP contribution in [0, 0.1) is 5.92 Å². The Morgan fingerprint density at radius 2 is 2.00 bits per heavy atom. The summed E-state index contributed by atoms with van der Waals surface area (Å²) in [4.78, 5) is 24.5. The molecule has 0 atom stereocenters. The van der Waals surface area contributed by atoms with Gasteiger partial charge in [0, 0.05) is 25.2 Å². The third-order valence-electron chi connectivity index (χ3n) is 4.57. The summed E-state index contributed by atoms with van der Waals surface area (Å²) < 4.78 is 38.1. The minimum Gasteiger partial charge on any atom is -0.399 e. The molecule has 2 aliphatic rings. The van der Waals surface area contributed by atoms with Crippen molar-refractivity contribution in [1.82, 2.24) is 9.88 Å². The van der Waals surface area contributed by atoms with E-state index in [-0.39, 0.29) is 16.8 Å². The second kappa shape index (κ2) is 7.30. The molecule has 3 rings (SSSR count). The predicted molar refractivity (Wildman–Crippen MR) is 90.2 cm³/mol. The molecule has 1 aromatic rings. The number of carbonyl (C=O) groups is 1. The maximum absolute atomic E-state index is 12.7. The Morgan fingerprint density at radius 1 is 1.35 bits per heavy atom. The SMILES string of the molecule is CON=C1CN(C(=O)C2CCN(c3ncc(C(F)(F)F)cc3Cl)CC2)C1. The summed E-state index contributed by atoms with van der Waals surface area (Å²) >= 11 is 5.99. The number of pyridine rings is 1. The van der Waals surface area contributed by atoms with Gasteiger partial charge in [0.05, 0.1) is 29.4 Å². The highest BCUT2D eigenvalue weighted by Crippen LogP contribution is 2.34. The van der Waals surface area contributed by atoms with Crippen molar-refractivity contribution in [2.75, 3.05) is 38.2 Å². The van der Waals surface area contributed by atoms with Gasteiger partial charge in [-0.3, -0.25) is 4.79 Å². The summed E-state index contributed by atoms with van der Waals surface area (Å²) in [5, 5.41) is 3.77. The van der Waals surface area contributed by atoms with Gasteiger partial charge in [-0.15, -0.1) is 0 Å². The number of alkyl halides is 3. The van der Waals surface area contributed by atoms with E-state index < -0.39 is 11.7 Å². The summed E-state index contributed by atoms with van der Waals surface area (Å²) in [5.41, 5.74) is -0.0401. The van der Waals surface area contributed by atoms with E-state index in [0.29, 0.717) is 44.8 Å². The van der Waals surface area contributed by atoms with Crippen LogP contribution in [0.5, 0.6) is 0 Å². The molecule has 3 heterocycles. The van der Waals surface area contributed by atoms with Crippen LogP contribution in [0.1, 0.15) is 18.4 Å². The number of aromatic nitrogens is 1. The van der Waals surface area contributed by atoms with E-state index in [1.165, 1.54) is 7.11 Å². The number of rotatable bonds is 3. The molecule has 26 heavy (non-hydrogen) atoms.